The second-order valence-electron chi connectivity index (χ2n) is 5.32. The minimum Gasteiger partial charge on any atom is -0.397 e. The summed E-state index contributed by atoms with van der Waals surface area (Å²) in [6.07, 6.45) is 1.45. The Balaban J connectivity index is 1.81. The highest BCUT2D eigenvalue weighted by molar-refractivity contribution is 6.01. The van der Waals surface area contributed by atoms with E-state index in [2.05, 4.69) is 28.4 Å². The largest absolute Gasteiger partial charge is 0.397 e. The second-order valence-corrected chi connectivity index (χ2v) is 5.32. The summed E-state index contributed by atoms with van der Waals surface area (Å²) >= 11 is 0. The van der Waals surface area contributed by atoms with E-state index in [9.17, 15) is 4.79 Å². The predicted octanol–water partition coefficient (Wildman–Crippen LogP) is 2.46. The Morgan fingerprint density at radius 1 is 1.10 bits per heavy atom. The third-order valence-electron chi connectivity index (χ3n) is 4.06. The SMILES string of the molecule is Nc1cc2c(cc1N1CCc3ccccc31)NC(=O)C2. The van der Waals surface area contributed by atoms with E-state index in [4.69, 9.17) is 5.73 Å². The van der Waals surface area contributed by atoms with E-state index in [0.717, 1.165) is 35.6 Å². The van der Waals surface area contributed by atoms with E-state index in [1.54, 1.807) is 0 Å². The molecular formula is C16H15N3O. The summed E-state index contributed by atoms with van der Waals surface area (Å²) in [5.74, 6) is 0.0402. The molecule has 20 heavy (non-hydrogen) atoms. The highest BCUT2D eigenvalue weighted by Gasteiger charge is 2.25. The van der Waals surface area contributed by atoms with Crippen LogP contribution in [0, 0.1) is 0 Å². The number of amides is 1. The van der Waals surface area contributed by atoms with Gasteiger partial charge in [0.1, 0.15) is 0 Å². The normalized spacial score (nSPS) is 16.0. The molecule has 0 unspecified atom stereocenters. The number of fused-ring (bicyclic) bond motifs is 2. The van der Waals surface area contributed by atoms with Crippen molar-refractivity contribution >= 4 is 28.7 Å². The van der Waals surface area contributed by atoms with Gasteiger partial charge in [-0.1, -0.05) is 18.2 Å². The van der Waals surface area contributed by atoms with Gasteiger partial charge in [0.15, 0.2) is 0 Å². The topological polar surface area (TPSA) is 58.4 Å². The number of benzene rings is 2. The number of nitrogen functional groups attached to an aromatic ring is 1. The summed E-state index contributed by atoms with van der Waals surface area (Å²) in [5, 5.41) is 2.89. The maximum Gasteiger partial charge on any atom is 0.228 e. The van der Waals surface area contributed by atoms with Crippen LogP contribution in [0.5, 0.6) is 0 Å². The van der Waals surface area contributed by atoms with Crippen LogP contribution in [-0.4, -0.2) is 12.5 Å². The summed E-state index contributed by atoms with van der Waals surface area (Å²) in [6, 6.07) is 12.3. The van der Waals surface area contributed by atoms with Gasteiger partial charge in [-0.25, -0.2) is 0 Å². The number of carbonyl (C=O) groups excluding carboxylic acids is 1. The van der Waals surface area contributed by atoms with E-state index in [0.29, 0.717) is 6.42 Å². The van der Waals surface area contributed by atoms with Crippen LogP contribution in [0.4, 0.5) is 22.7 Å². The highest BCUT2D eigenvalue weighted by atomic mass is 16.1. The molecule has 2 aliphatic heterocycles. The lowest BCUT2D eigenvalue weighted by Crippen LogP contribution is -2.15. The predicted molar refractivity (Wildman–Crippen MR) is 80.3 cm³/mol. The number of nitrogens with two attached hydrogens (primary N) is 1. The summed E-state index contributed by atoms with van der Waals surface area (Å²) < 4.78 is 0. The fraction of sp³-hybridized carbons (Fsp3) is 0.188. The number of hydrogen-bond donors (Lipinski definition) is 2. The van der Waals surface area contributed by atoms with Gasteiger partial charge in [-0.3, -0.25) is 4.79 Å². The smallest absolute Gasteiger partial charge is 0.228 e. The van der Waals surface area contributed by atoms with Crippen LogP contribution in [0.15, 0.2) is 36.4 Å². The standard InChI is InChI=1S/C16H15N3O/c17-12-7-11-8-16(20)18-13(11)9-15(12)19-6-5-10-3-1-2-4-14(10)19/h1-4,7,9H,5-6,8,17H2,(H,18,20). The van der Waals surface area contributed by atoms with Crippen molar-refractivity contribution in [3.05, 3.63) is 47.5 Å². The van der Waals surface area contributed by atoms with Crippen LogP contribution >= 0.6 is 0 Å². The molecule has 0 fully saturated rings. The minimum absolute atomic E-state index is 0.0402. The van der Waals surface area contributed by atoms with Crippen molar-refractivity contribution in [2.24, 2.45) is 0 Å². The lowest BCUT2D eigenvalue weighted by atomic mass is 10.1. The summed E-state index contributed by atoms with van der Waals surface area (Å²) in [5.41, 5.74) is 12.3. The van der Waals surface area contributed by atoms with Crippen LogP contribution in [0.25, 0.3) is 0 Å². The Bertz CT molecular complexity index is 724. The molecule has 0 saturated heterocycles. The average molecular weight is 265 g/mol. The van der Waals surface area contributed by atoms with Crippen molar-refractivity contribution in [3.8, 4) is 0 Å². The van der Waals surface area contributed by atoms with E-state index >= 15 is 0 Å². The van der Waals surface area contributed by atoms with Gasteiger partial charge in [-0.15, -0.1) is 0 Å². The molecular weight excluding hydrogens is 250 g/mol. The molecule has 3 N–H and O–H groups in total. The Kier molecular flexibility index (Phi) is 2.27. The molecule has 0 atom stereocenters. The number of anilines is 4. The van der Waals surface area contributed by atoms with Crippen LogP contribution in [-0.2, 0) is 17.6 Å². The molecule has 4 nitrogen and oxygen atoms in total. The van der Waals surface area contributed by atoms with E-state index in [-0.39, 0.29) is 5.91 Å². The second kappa shape index (κ2) is 4.00. The summed E-state index contributed by atoms with van der Waals surface area (Å²) in [4.78, 5) is 13.7. The van der Waals surface area contributed by atoms with E-state index in [1.807, 2.05) is 18.2 Å². The number of nitrogens with one attached hydrogen (secondary N) is 1. The van der Waals surface area contributed by atoms with Gasteiger partial charge in [0.25, 0.3) is 0 Å². The number of hydrogen-bond acceptors (Lipinski definition) is 3. The number of para-hydroxylation sites is 1. The van der Waals surface area contributed by atoms with Gasteiger partial charge in [-0.05, 0) is 35.7 Å². The third-order valence-corrected chi connectivity index (χ3v) is 4.06. The summed E-state index contributed by atoms with van der Waals surface area (Å²) in [6.45, 7) is 0.927. The molecule has 0 aliphatic carbocycles. The molecule has 2 heterocycles. The van der Waals surface area contributed by atoms with Gasteiger partial charge >= 0.3 is 0 Å². The van der Waals surface area contributed by atoms with Gasteiger partial charge in [-0.2, -0.15) is 0 Å². The molecule has 4 heteroatoms. The Hall–Kier alpha value is -2.49. The van der Waals surface area contributed by atoms with Crippen molar-refractivity contribution in [2.75, 3.05) is 22.5 Å². The fourth-order valence-corrected chi connectivity index (χ4v) is 3.10. The molecule has 0 saturated carbocycles. The molecule has 2 aromatic carbocycles. The number of nitrogens with zero attached hydrogens (tertiary/aromatic N) is 1. The first-order valence-electron chi connectivity index (χ1n) is 6.80. The third kappa shape index (κ3) is 1.58. The number of carbonyl (C=O) groups is 1. The lowest BCUT2D eigenvalue weighted by molar-refractivity contribution is -0.115. The van der Waals surface area contributed by atoms with Crippen molar-refractivity contribution < 1.29 is 4.79 Å². The maximum atomic E-state index is 11.5. The van der Waals surface area contributed by atoms with Gasteiger partial charge in [0.2, 0.25) is 5.91 Å². The van der Waals surface area contributed by atoms with Crippen molar-refractivity contribution in [1.29, 1.82) is 0 Å². The van der Waals surface area contributed by atoms with Crippen molar-refractivity contribution in [1.82, 2.24) is 0 Å². The van der Waals surface area contributed by atoms with Crippen LogP contribution < -0.4 is 16.0 Å². The Morgan fingerprint density at radius 3 is 2.85 bits per heavy atom. The van der Waals surface area contributed by atoms with Gasteiger partial charge < -0.3 is 16.0 Å². The zero-order valence-corrected chi connectivity index (χ0v) is 11.0. The molecule has 4 rings (SSSR count). The Morgan fingerprint density at radius 2 is 1.95 bits per heavy atom. The molecule has 0 radical (unpaired) electrons. The monoisotopic (exact) mass is 265 g/mol. The summed E-state index contributed by atoms with van der Waals surface area (Å²) in [7, 11) is 0. The first-order chi connectivity index (χ1) is 9.72. The zero-order chi connectivity index (χ0) is 13.7. The first kappa shape index (κ1) is 11.3. The van der Waals surface area contributed by atoms with Gasteiger partial charge in [0.05, 0.1) is 17.8 Å². The van der Waals surface area contributed by atoms with Crippen LogP contribution in [0.2, 0.25) is 0 Å². The molecule has 2 aliphatic rings. The maximum absolute atomic E-state index is 11.5. The quantitative estimate of drug-likeness (QED) is 0.779. The molecule has 0 aromatic heterocycles. The Labute approximate surface area is 117 Å². The lowest BCUT2D eigenvalue weighted by Gasteiger charge is -2.22. The first-order valence-corrected chi connectivity index (χ1v) is 6.80. The molecule has 2 aromatic rings. The van der Waals surface area contributed by atoms with E-state index < -0.39 is 0 Å². The average Bonchev–Trinajstić information content (AvgIpc) is 3.00. The molecule has 100 valence electrons. The fourth-order valence-electron chi connectivity index (χ4n) is 3.10. The van der Waals surface area contributed by atoms with Crippen LogP contribution in [0.1, 0.15) is 11.1 Å². The molecule has 0 spiro atoms. The highest BCUT2D eigenvalue weighted by Crippen LogP contribution is 2.40. The van der Waals surface area contributed by atoms with Crippen LogP contribution in [0.3, 0.4) is 0 Å². The number of rotatable bonds is 1. The van der Waals surface area contributed by atoms with Crippen molar-refractivity contribution in [2.45, 2.75) is 12.8 Å². The molecule has 1 amide bonds. The van der Waals surface area contributed by atoms with Gasteiger partial charge in [0, 0.05) is 17.9 Å². The minimum atomic E-state index is 0.0402. The zero-order valence-electron chi connectivity index (χ0n) is 11.0. The van der Waals surface area contributed by atoms with E-state index in [1.165, 1.54) is 11.3 Å². The molecule has 0 bridgehead atoms. The van der Waals surface area contributed by atoms with Crippen molar-refractivity contribution in [3.63, 3.8) is 0 Å².